The first-order chi connectivity index (χ1) is 10.1. The highest BCUT2D eigenvalue weighted by molar-refractivity contribution is 5.92. The van der Waals surface area contributed by atoms with Gasteiger partial charge in [0.1, 0.15) is 11.6 Å². The Morgan fingerprint density at radius 2 is 2.10 bits per heavy atom. The fourth-order valence-electron chi connectivity index (χ4n) is 2.64. The van der Waals surface area contributed by atoms with Crippen LogP contribution in [0.3, 0.4) is 0 Å². The van der Waals surface area contributed by atoms with Gasteiger partial charge in [0.05, 0.1) is 28.3 Å². The van der Waals surface area contributed by atoms with Crippen molar-refractivity contribution in [1.29, 1.82) is 0 Å². The Morgan fingerprint density at radius 3 is 2.71 bits per heavy atom. The molecule has 0 fully saturated rings. The second-order valence-corrected chi connectivity index (χ2v) is 5.01. The van der Waals surface area contributed by atoms with E-state index >= 15 is 0 Å². The molecular weight excluding hydrogens is 267 g/mol. The lowest BCUT2D eigenvalue weighted by molar-refractivity contribution is 0.627. The number of hydrogen-bond donors (Lipinski definition) is 1. The van der Waals surface area contributed by atoms with Gasteiger partial charge in [-0.3, -0.25) is 4.98 Å². The number of nitrogens with zero attached hydrogens (tertiary/aromatic N) is 3. The summed E-state index contributed by atoms with van der Waals surface area (Å²) >= 11 is 0. The molecule has 1 aromatic carbocycles. The van der Waals surface area contributed by atoms with Crippen molar-refractivity contribution in [3.05, 3.63) is 48.2 Å². The van der Waals surface area contributed by atoms with E-state index in [0.29, 0.717) is 17.8 Å². The highest BCUT2D eigenvalue weighted by Crippen LogP contribution is 2.31. The molecule has 0 saturated carbocycles. The SMILES string of the molecule is CCn1c([C@H](C)N)nc2ccc(F)c(-c3ccccn3)c21. The Labute approximate surface area is 122 Å². The van der Waals surface area contributed by atoms with Gasteiger partial charge in [-0.1, -0.05) is 6.07 Å². The van der Waals surface area contributed by atoms with E-state index in [1.165, 1.54) is 6.07 Å². The van der Waals surface area contributed by atoms with Crippen LogP contribution >= 0.6 is 0 Å². The minimum atomic E-state index is -0.299. The monoisotopic (exact) mass is 284 g/mol. The quantitative estimate of drug-likeness (QED) is 0.803. The van der Waals surface area contributed by atoms with E-state index in [-0.39, 0.29) is 11.9 Å². The topological polar surface area (TPSA) is 56.7 Å². The molecule has 21 heavy (non-hydrogen) atoms. The van der Waals surface area contributed by atoms with Crippen molar-refractivity contribution in [2.24, 2.45) is 5.73 Å². The van der Waals surface area contributed by atoms with E-state index in [0.717, 1.165) is 16.9 Å². The van der Waals surface area contributed by atoms with Crippen LogP contribution in [0, 0.1) is 5.82 Å². The number of imidazole rings is 1. The lowest BCUT2D eigenvalue weighted by atomic mass is 10.1. The van der Waals surface area contributed by atoms with Crippen LogP contribution in [0.15, 0.2) is 36.5 Å². The first-order valence-electron chi connectivity index (χ1n) is 6.99. The van der Waals surface area contributed by atoms with Gasteiger partial charge >= 0.3 is 0 Å². The van der Waals surface area contributed by atoms with Gasteiger partial charge in [0.15, 0.2) is 0 Å². The summed E-state index contributed by atoms with van der Waals surface area (Å²) in [5.41, 5.74) is 8.57. The predicted molar refractivity (Wildman–Crippen MR) is 81.2 cm³/mol. The fourth-order valence-corrected chi connectivity index (χ4v) is 2.64. The molecule has 0 spiro atoms. The minimum Gasteiger partial charge on any atom is -0.326 e. The zero-order valence-corrected chi connectivity index (χ0v) is 12.0. The molecule has 3 rings (SSSR count). The molecular formula is C16H17FN4. The third-order valence-electron chi connectivity index (χ3n) is 3.53. The van der Waals surface area contributed by atoms with Gasteiger partial charge in [0.25, 0.3) is 0 Å². The molecule has 108 valence electrons. The Kier molecular flexibility index (Phi) is 3.43. The third kappa shape index (κ3) is 2.19. The lowest BCUT2D eigenvalue weighted by Gasteiger charge is -2.11. The van der Waals surface area contributed by atoms with Crippen LogP contribution in [0.25, 0.3) is 22.3 Å². The number of benzene rings is 1. The molecule has 0 aliphatic heterocycles. The summed E-state index contributed by atoms with van der Waals surface area (Å²) in [7, 11) is 0. The molecule has 0 saturated heterocycles. The van der Waals surface area contributed by atoms with Gasteiger partial charge in [0, 0.05) is 12.7 Å². The van der Waals surface area contributed by atoms with E-state index in [9.17, 15) is 4.39 Å². The average molecular weight is 284 g/mol. The number of pyridine rings is 1. The molecule has 1 atom stereocenters. The van der Waals surface area contributed by atoms with Crippen LogP contribution in [-0.4, -0.2) is 14.5 Å². The van der Waals surface area contributed by atoms with Gasteiger partial charge in [-0.05, 0) is 38.1 Å². The third-order valence-corrected chi connectivity index (χ3v) is 3.53. The zero-order chi connectivity index (χ0) is 15.0. The van der Waals surface area contributed by atoms with E-state index < -0.39 is 0 Å². The molecule has 0 amide bonds. The highest BCUT2D eigenvalue weighted by atomic mass is 19.1. The number of aromatic nitrogens is 3. The van der Waals surface area contributed by atoms with Crippen LogP contribution in [-0.2, 0) is 6.54 Å². The number of fused-ring (bicyclic) bond motifs is 1. The molecule has 0 aliphatic rings. The Bertz CT molecular complexity index is 778. The van der Waals surface area contributed by atoms with E-state index in [2.05, 4.69) is 9.97 Å². The highest BCUT2D eigenvalue weighted by Gasteiger charge is 2.19. The predicted octanol–water partition coefficient (Wildman–Crippen LogP) is 3.28. The maximum absolute atomic E-state index is 14.4. The summed E-state index contributed by atoms with van der Waals surface area (Å²) in [4.78, 5) is 8.83. The van der Waals surface area contributed by atoms with E-state index in [1.807, 2.05) is 30.5 Å². The molecule has 5 heteroatoms. The summed E-state index contributed by atoms with van der Waals surface area (Å²) in [6, 6.07) is 8.37. The van der Waals surface area contributed by atoms with Crippen LogP contribution in [0.2, 0.25) is 0 Å². The summed E-state index contributed by atoms with van der Waals surface area (Å²) in [6.45, 7) is 4.56. The van der Waals surface area contributed by atoms with Gasteiger partial charge in [-0.25, -0.2) is 9.37 Å². The van der Waals surface area contributed by atoms with Crippen LogP contribution < -0.4 is 5.73 Å². The van der Waals surface area contributed by atoms with Crippen molar-refractivity contribution in [3.8, 4) is 11.3 Å². The number of hydrogen-bond acceptors (Lipinski definition) is 3. The second kappa shape index (κ2) is 5.26. The average Bonchev–Trinajstić information content (AvgIpc) is 2.87. The Balaban J connectivity index is 2.40. The minimum absolute atomic E-state index is 0.211. The van der Waals surface area contributed by atoms with Crippen molar-refractivity contribution >= 4 is 11.0 Å². The molecule has 0 aliphatic carbocycles. The van der Waals surface area contributed by atoms with E-state index in [4.69, 9.17) is 5.73 Å². The molecule has 3 aromatic rings. The number of rotatable bonds is 3. The maximum atomic E-state index is 14.4. The van der Waals surface area contributed by atoms with Gasteiger partial charge < -0.3 is 10.3 Å². The summed E-state index contributed by atoms with van der Waals surface area (Å²) in [5, 5.41) is 0. The van der Waals surface area contributed by atoms with Crippen LogP contribution in [0.4, 0.5) is 4.39 Å². The van der Waals surface area contributed by atoms with Gasteiger partial charge in [-0.2, -0.15) is 0 Å². The van der Waals surface area contributed by atoms with Crippen LogP contribution in [0.5, 0.6) is 0 Å². The molecule has 4 nitrogen and oxygen atoms in total. The van der Waals surface area contributed by atoms with Crippen molar-refractivity contribution in [2.45, 2.75) is 26.4 Å². The first-order valence-corrected chi connectivity index (χ1v) is 6.99. The van der Waals surface area contributed by atoms with Gasteiger partial charge in [0.2, 0.25) is 0 Å². The van der Waals surface area contributed by atoms with Gasteiger partial charge in [-0.15, -0.1) is 0 Å². The molecule has 0 radical (unpaired) electrons. The summed E-state index contributed by atoms with van der Waals surface area (Å²) in [5.74, 6) is 0.460. The fraction of sp³-hybridized carbons (Fsp3) is 0.250. The molecule has 2 aromatic heterocycles. The Morgan fingerprint density at radius 1 is 1.29 bits per heavy atom. The normalized spacial score (nSPS) is 12.8. The first kappa shape index (κ1) is 13.7. The van der Waals surface area contributed by atoms with Crippen molar-refractivity contribution < 1.29 is 4.39 Å². The number of halogens is 1. The standard InChI is InChI=1S/C16H17FN4/c1-3-21-15-13(20-16(21)10(2)18)8-7-11(17)14(15)12-6-4-5-9-19-12/h4-10H,3,18H2,1-2H3/t10-/m0/s1. The summed E-state index contributed by atoms with van der Waals surface area (Å²) in [6.07, 6.45) is 1.66. The zero-order valence-electron chi connectivity index (χ0n) is 12.0. The second-order valence-electron chi connectivity index (χ2n) is 5.01. The smallest absolute Gasteiger partial charge is 0.134 e. The van der Waals surface area contributed by atoms with Crippen LogP contribution in [0.1, 0.15) is 25.7 Å². The largest absolute Gasteiger partial charge is 0.326 e. The molecule has 2 N–H and O–H groups in total. The van der Waals surface area contributed by atoms with E-state index in [1.54, 1.807) is 18.3 Å². The van der Waals surface area contributed by atoms with Crippen molar-refractivity contribution in [1.82, 2.24) is 14.5 Å². The molecule has 2 heterocycles. The lowest BCUT2D eigenvalue weighted by Crippen LogP contribution is -2.13. The number of aryl methyl sites for hydroxylation is 1. The van der Waals surface area contributed by atoms with Crippen molar-refractivity contribution in [3.63, 3.8) is 0 Å². The maximum Gasteiger partial charge on any atom is 0.134 e. The molecule has 0 bridgehead atoms. The summed E-state index contributed by atoms with van der Waals surface area (Å²) < 4.78 is 16.4. The number of nitrogens with two attached hydrogens (primary N) is 1. The van der Waals surface area contributed by atoms with Crippen molar-refractivity contribution in [2.75, 3.05) is 0 Å². The Hall–Kier alpha value is -2.27. The molecule has 0 unspecified atom stereocenters.